The zero-order chi connectivity index (χ0) is 23.8. The molecule has 0 bridgehead atoms. The molecule has 34 heavy (non-hydrogen) atoms. The number of carbonyl (C=O) groups is 2. The summed E-state index contributed by atoms with van der Waals surface area (Å²) in [6, 6.07) is 16.3. The number of benzene rings is 2. The van der Waals surface area contributed by atoms with Crippen LogP contribution in [-0.2, 0) is 19.7 Å². The van der Waals surface area contributed by atoms with Crippen LogP contribution in [0.4, 0.5) is 10.1 Å². The average Bonchev–Trinajstić information content (AvgIpc) is 3.49. The predicted octanol–water partition coefficient (Wildman–Crippen LogP) is 4.84. The molecule has 2 saturated heterocycles. The fraction of sp³-hybridized carbons (Fsp3) is 0.500. The zero-order valence-corrected chi connectivity index (χ0v) is 19.8. The van der Waals surface area contributed by atoms with E-state index in [0.29, 0.717) is 19.7 Å². The van der Waals surface area contributed by atoms with E-state index in [-0.39, 0.29) is 29.3 Å². The van der Waals surface area contributed by atoms with Crippen molar-refractivity contribution in [2.75, 3.05) is 24.6 Å². The lowest BCUT2D eigenvalue weighted by atomic mass is 9.76. The van der Waals surface area contributed by atoms with Gasteiger partial charge in [-0.05, 0) is 61.9 Å². The summed E-state index contributed by atoms with van der Waals surface area (Å²) in [6.45, 7) is 3.43. The molecule has 1 atom stereocenters. The topological polar surface area (TPSA) is 49.9 Å². The van der Waals surface area contributed by atoms with Gasteiger partial charge in [0, 0.05) is 25.7 Å². The summed E-state index contributed by atoms with van der Waals surface area (Å²) < 4.78 is 19.9. The number of likely N-dealkylation sites (tertiary alicyclic amines) is 1. The van der Waals surface area contributed by atoms with Gasteiger partial charge < -0.3 is 14.5 Å². The lowest BCUT2D eigenvalue weighted by molar-refractivity contribution is -0.142. The second-order valence-electron chi connectivity index (χ2n) is 10.2. The Kier molecular flexibility index (Phi) is 6.19. The first-order valence-electron chi connectivity index (χ1n) is 12.5. The highest BCUT2D eigenvalue weighted by atomic mass is 19.1. The van der Waals surface area contributed by atoms with Crippen LogP contribution in [0.15, 0.2) is 54.6 Å². The van der Waals surface area contributed by atoms with Crippen LogP contribution in [0, 0.1) is 5.82 Å². The van der Waals surface area contributed by atoms with Crippen molar-refractivity contribution < 1.29 is 18.7 Å². The third kappa shape index (κ3) is 4.13. The van der Waals surface area contributed by atoms with Gasteiger partial charge in [-0.1, -0.05) is 43.2 Å². The lowest BCUT2D eigenvalue weighted by Crippen LogP contribution is -2.52. The van der Waals surface area contributed by atoms with Crippen molar-refractivity contribution in [1.29, 1.82) is 0 Å². The molecule has 2 heterocycles. The fourth-order valence-corrected chi connectivity index (χ4v) is 6.37. The molecule has 0 N–H and O–H groups in total. The lowest BCUT2D eigenvalue weighted by Gasteiger charge is -2.42. The molecule has 1 spiro atoms. The molecule has 5 rings (SSSR count). The Morgan fingerprint density at radius 3 is 2.24 bits per heavy atom. The molecule has 5 nitrogen and oxygen atoms in total. The quantitative estimate of drug-likeness (QED) is 0.651. The highest BCUT2D eigenvalue weighted by Crippen LogP contribution is 2.45. The van der Waals surface area contributed by atoms with Crippen LogP contribution in [0.3, 0.4) is 0 Å². The molecule has 1 aliphatic carbocycles. The molecule has 3 aliphatic rings. The fourth-order valence-electron chi connectivity index (χ4n) is 6.37. The summed E-state index contributed by atoms with van der Waals surface area (Å²) >= 11 is 0. The normalized spacial score (nSPS) is 23.2. The average molecular weight is 465 g/mol. The molecule has 3 fully saturated rings. The van der Waals surface area contributed by atoms with Gasteiger partial charge in [0.05, 0.1) is 23.7 Å². The van der Waals surface area contributed by atoms with E-state index in [2.05, 4.69) is 0 Å². The number of hydrogen-bond donors (Lipinski definition) is 0. The van der Waals surface area contributed by atoms with Crippen molar-refractivity contribution in [2.24, 2.45) is 0 Å². The number of nitrogens with zero attached hydrogens (tertiary/aromatic N) is 2. The second-order valence-corrected chi connectivity index (χ2v) is 10.2. The first kappa shape index (κ1) is 23.0. The van der Waals surface area contributed by atoms with Gasteiger partial charge in [-0.15, -0.1) is 0 Å². The van der Waals surface area contributed by atoms with Crippen LogP contribution in [0.2, 0.25) is 0 Å². The van der Waals surface area contributed by atoms with Crippen LogP contribution in [0.1, 0.15) is 57.4 Å². The molecule has 2 aliphatic heterocycles. The number of amides is 2. The molecule has 180 valence electrons. The molecule has 6 heteroatoms. The molecular weight excluding hydrogens is 431 g/mol. The molecule has 2 amide bonds. The van der Waals surface area contributed by atoms with Crippen LogP contribution < -0.4 is 4.90 Å². The summed E-state index contributed by atoms with van der Waals surface area (Å²) in [6.07, 6.45) is 6.01. The third-order valence-corrected chi connectivity index (χ3v) is 8.15. The van der Waals surface area contributed by atoms with Crippen molar-refractivity contribution >= 4 is 17.5 Å². The van der Waals surface area contributed by atoms with Crippen molar-refractivity contribution in [3.63, 3.8) is 0 Å². The van der Waals surface area contributed by atoms with Crippen molar-refractivity contribution in [2.45, 2.75) is 68.9 Å². The summed E-state index contributed by atoms with van der Waals surface area (Å²) in [5.74, 6) is -0.0742. The Bertz CT molecular complexity index is 1030. The van der Waals surface area contributed by atoms with Crippen molar-refractivity contribution in [1.82, 2.24) is 4.90 Å². The molecule has 2 aromatic rings. The van der Waals surface area contributed by atoms with Crippen LogP contribution in [0.25, 0.3) is 0 Å². The Labute approximate surface area is 200 Å². The maximum atomic E-state index is 13.8. The molecule has 2 aromatic carbocycles. The van der Waals surface area contributed by atoms with E-state index in [1.54, 1.807) is 19.1 Å². The summed E-state index contributed by atoms with van der Waals surface area (Å²) in [4.78, 5) is 30.1. The van der Waals surface area contributed by atoms with E-state index in [1.807, 2.05) is 40.1 Å². The van der Waals surface area contributed by atoms with E-state index in [0.717, 1.165) is 56.2 Å². The monoisotopic (exact) mass is 464 g/mol. The van der Waals surface area contributed by atoms with Gasteiger partial charge in [0.2, 0.25) is 11.8 Å². The first-order chi connectivity index (χ1) is 16.4. The standard InChI is InChI=1S/C28H33FN2O3/c1-21(32)31(24-7-3-2-4-8-24)25-19-27(34-20-25)15-17-30(18-16-27)26(33)28(13-5-6-14-28)22-9-11-23(29)12-10-22/h2-4,7-12,25H,5-6,13-20H2,1H3. The van der Waals surface area contributed by atoms with Crippen LogP contribution in [0.5, 0.6) is 0 Å². The highest BCUT2D eigenvalue weighted by Gasteiger charge is 2.49. The van der Waals surface area contributed by atoms with Gasteiger partial charge in [-0.2, -0.15) is 0 Å². The SMILES string of the molecule is CC(=O)N(c1ccccc1)C1COC2(CCN(C(=O)C3(c4ccc(F)cc4)CCCC3)CC2)C1. The van der Waals surface area contributed by atoms with Crippen LogP contribution in [-0.4, -0.2) is 48.1 Å². The van der Waals surface area contributed by atoms with E-state index in [4.69, 9.17) is 4.74 Å². The third-order valence-electron chi connectivity index (χ3n) is 8.15. The van der Waals surface area contributed by atoms with Gasteiger partial charge in [0.15, 0.2) is 0 Å². The van der Waals surface area contributed by atoms with Gasteiger partial charge in [-0.3, -0.25) is 9.59 Å². The number of piperidine rings is 1. The molecule has 1 saturated carbocycles. The van der Waals surface area contributed by atoms with Gasteiger partial charge in [-0.25, -0.2) is 4.39 Å². The second kappa shape index (κ2) is 9.14. The van der Waals surface area contributed by atoms with Crippen molar-refractivity contribution in [3.8, 4) is 0 Å². The van der Waals surface area contributed by atoms with E-state index in [9.17, 15) is 14.0 Å². The highest BCUT2D eigenvalue weighted by molar-refractivity contribution is 5.92. The van der Waals surface area contributed by atoms with Crippen LogP contribution >= 0.6 is 0 Å². The van der Waals surface area contributed by atoms with E-state index in [1.165, 1.54) is 12.1 Å². The summed E-state index contributed by atoms with van der Waals surface area (Å²) in [7, 11) is 0. The number of halogens is 1. The minimum absolute atomic E-state index is 0.00235. The molecule has 0 aromatic heterocycles. The summed E-state index contributed by atoms with van der Waals surface area (Å²) in [5, 5.41) is 0. The number of ether oxygens (including phenoxy) is 1. The largest absolute Gasteiger partial charge is 0.373 e. The maximum absolute atomic E-state index is 13.8. The Morgan fingerprint density at radius 1 is 0.971 bits per heavy atom. The Hall–Kier alpha value is -2.73. The minimum Gasteiger partial charge on any atom is -0.373 e. The minimum atomic E-state index is -0.532. The summed E-state index contributed by atoms with van der Waals surface area (Å²) in [5.41, 5.74) is 1.02. The molecule has 0 radical (unpaired) electrons. The van der Waals surface area contributed by atoms with Gasteiger partial charge in [0.1, 0.15) is 5.82 Å². The van der Waals surface area contributed by atoms with E-state index >= 15 is 0 Å². The Balaban J connectivity index is 1.28. The maximum Gasteiger partial charge on any atom is 0.233 e. The number of anilines is 1. The van der Waals surface area contributed by atoms with Gasteiger partial charge >= 0.3 is 0 Å². The molecular formula is C28H33FN2O3. The first-order valence-corrected chi connectivity index (χ1v) is 12.5. The van der Waals surface area contributed by atoms with Crippen molar-refractivity contribution in [3.05, 3.63) is 66.0 Å². The zero-order valence-electron chi connectivity index (χ0n) is 19.8. The number of carbonyl (C=O) groups excluding carboxylic acids is 2. The Morgan fingerprint density at radius 2 is 1.62 bits per heavy atom. The number of para-hydroxylation sites is 1. The number of rotatable bonds is 4. The number of hydrogen-bond acceptors (Lipinski definition) is 3. The smallest absolute Gasteiger partial charge is 0.233 e. The predicted molar refractivity (Wildman–Crippen MR) is 129 cm³/mol. The molecule has 1 unspecified atom stereocenters. The van der Waals surface area contributed by atoms with E-state index < -0.39 is 5.41 Å². The van der Waals surface area contributed by atoms with Gasteiger partial charge in [0.25, 0.3) is 0 Å².